The molecular formula is C8H15N5. The van der Waals surface area contributed by atoms with E-state index >= 15 is 0 Å². The Labute approximate surface area is 77.9 Å². The second-order valence-corrected chi connectivity index (χ2v) is 1.92. The van der Waals surface area contributed by atoms with Crippen LogP contribution in [0.3, 0.4) is 0 Å². The molecule has 0 aromatic carbocycles. The van der Waals surface area contributed by atoms with Crippen LogP contribution in [0, 0.1) is 5.41 Å². The van der Waals surface area contributed by atoms with Gasteiger partial charge in [0.15, 0.2) is 0 Å². The molecule has 0 saturated heterocycles. The number of hydrogen-bond acceptors (Lipinski definition) is 5. The summed E-state index contributed by atoms with van der Waals surface area (Å²) in [6.07, 6.45) is 2.48. The number of anilines is 2. The molecule has 0 spiro atoms. The average molecular weight is 181 g/mol. The van der Waals surface area contributed by atoms with Gasteiger partial charge in [-0.25, -0.2) is 9.97 Å². The van der Waals surface area contributed by atoms with E-state index in [-0.39, 0.29) is 0 Å². The Balaban J connectivity index is 0.000000671. The van der Waals surface area contributed by atoms with Crippen molar-refractivity contribution >= 4 is 17.9 Å². The number of nitrogens with one attached hydrogen (secondary N) is 2. The van der Waals surface area contributed by atoms with Gasteiger partial charge in [-0.05, 0) is 0 Å². The van der Waals surface area contributed by atoms with Crippen molar-refractivity contribution in [2.24, 2.45) is 0 Å². The molecule has 1 rings (SSSR count). The maximum Gasteiger partial charge on any atom is 0.140 e. The minimum atomic E-state index is 0.319. The molecular weight excluding hydrogens is 166 g/mol. The lowest BCUT2D eigenvalue weighted by molar-refractivity contribution is 1.16. The summed E-state index contributed by atoms with van der Waals surface area (Å²) in [6, 6.07) is 0. The standard InChI is InChI=1S/C6H9N5.C2H6/c1-9-6-4(2-7)5(8)10-3-11-6;1-2/h2-3,7H,1H3,(H3,8,9,10,11);1-2H3. The maximum atomic E-state index is 7.00. The second-order valence-electron chi connectivity index (χ2n) is 1.92. The zero-order valence-electron chi connectivity index (χ0n) is 8.13. The van der Waals surface area contributed by atoms with Crippen LogP contribution in [0.15, 0.2) is 6.33 Å². The predicted octanol–water partition coefficient (Wildman–Crippen LogP) is 1.12. The topological polar surface area (TPSA) is 87.7 Å². The minimum Gasteiger partial charge on any atom is -0.383 e. The number of aromatic nitrogens is 2. The first-order chi connectivity index (χ1) is 6.29. The Morgan fingerprint density at radius 2 is 2.08 bits per heavy atom. The van der Waals surface area contributed by atoms with Crippen molar-refractivity contribution in [3.05, 3.63) is 11.9 Å². The van der Waals surface area contributed by atoms with Gasteiger partial charge in [0, 0.05) is 13.3 Å². The average Bonchev–Trinajstić information content (AvgIpc) is 2.20. The maximum absolute atomic E-state index is 7.00. The van der Waals surface area contributed by atoms with E-state index < -0.39 is 0 Å². The molecule has 0 fully saturated rings. The zero-order chi connectivity index (χ0) is 10.3. The van der Waals surface area contributed by atoms with Crippen molar-refractivity contribution in [1.29, 1.82) is 5.41 Å². The highest BCUT2D eigenvalue weighted by atomic mass is 15.0. The molecule has 5 heteroatoms. The van der Waals surface area contributed by atoms with Crippen LogP contribution < -0.4 is 11.1 Å². The Morgan fingerprint density at radius 3 is 2.46 bits per heavy atom. The molecule has 1 heterocycles. The molecule has 0 aliphatic heterocycles. The van der Waals surface area contributed by atoms with Crippen LogP contribution in [0.4, 0.5) is 11.6 Å². The Hall–Kier alpha value is -1.65. The molecule has 0 atom stereocenters. The van der Waals surface area contributed by atoms with Gasteiger partial charge >= 0.3 is 0 Å². The molecule has 0 aliphatic carbocycles. The molecule has 72 valence electrons. The van der Waals surface area contributed by atoms with E-state index in [2.05, 4.69) is 15.3 Å². The Morgan fingerprint density at radius 1 is 1.46 bits per heavy atom. The number of nitrogens with zero attached hydrogens (tertiary/aromatic N) is 2. The van der Waals surface area contributed by atoms with Crippen LogP contribution in [0.1, 0.15) is 19.4 Å². The summed E-state index contributed by atoms with van der Waals surface area (Å²) in [5.74, 6) is 0.895. The highest BCUT2D eigenvalue weighted by molar-refractivity contribution is 5.89. The summed E-state index contributed by atoms with van der Waals surface area (Å²) in [5, 5.41) is 9.81. The van der Waals surface area contributed by atoms with E-state index in [1.165, 1.54) is 6.33 Å². The number of nitrogens with two attached hydrogens (primary N) is 1. The molecule has 5 nitrogen and oxygen atoms in total. The van der Waals surface area contributed by atoms with Crippen LogP contribution >= 0.6 is 0 Å². The fourth-order valence-electron chi connectivity index (χ4n) is 0.751. The molecule has 0 bridgehead atoms. The van der Waals surface area contributed by atoms with Crippen molar-refractivity contribution < 1.29 is 0 Å². The smallest absolute Gasteiger partial charge is 0.140 e. The molecule has 4 N–H and O–H groups in total. The highest BCUT2D eigenvalue weighted by Crippen LogP contribution is 2.12. The Bertz CT molecular complexity index is 271. The van der Waals surface area contributed by atoms with Crippen molar-refractivity contribution in [1.82, 2.24) is 9.97 Å². The third-order valence-electron chi connectivity index (χ3n) is 1.30. The van der Waals surface area contributed by atoms with Gasteiger partial charge < -0.3 is 16.5 Å². The van der Waals surface area contributed by atoms with E-state index in [9.17, 15) is 0 Å². The molecule has 0 amide bonds. The van der Waals surface area contributed by atoms with Crippen LogP contribution in [-0.2, 0) is 0 Å². The molecule has 1 aromatic heterocycles. The summed E-state index contributed by atoms with van der Waals surface area (Å²) < 4.78 is 0. The number of rotatable bonds is 2. The van der Waals surface area contributed by atoms with Crippen LogP contribution in [-0.4, -0.2) is 23.2 Å². The predicted molar refractivity (Wildman–Crippen MR) is 55.2 cm³/mol. The van der Waals surface area contributed by atoms with Gasteiger partial charge in [-0.2, -0.15) is 0 Å². The zero-order valence-corrected chi connectivity index (χ0v) is 8.13. The normalized spacial score (nSPS) is 8.23. The third kappa shape index (κ3) is 2.70. The molecule has 0 unspecified atom stereocenters. The summed E-state index contributed by atoms with van der Waals surface area (Å²) >= 11 is 0. The van der Waals surface area contributed by atoms with E-state index in [0.717, 1.165) is 6.21 Å². The molecule has 13 heavy (non-hydrogen) atoms. The summed E-state index contributed by atoms with van der Waals surface area (Å²) in [4.78, 5) is 7.61. The fraction of sp³-hybridized carbons (Fsp3) is 0.375. The van der Waals surface area contributed by atoms with Gasteiger partial charge in [0.25, 0.3) is 0 Å². The van der Waals surface area contributed by atoms with Gasteiger partial charge in [-0.15, -0.1) is 0 Å². The monoisotopic (exact) mass is 181 g/mol. The van der Waals surface area contributed by atoms with Gasteiger partial charge in [0.2, 0.25) is 0 Å². The van der Waals surface area contributed by atoms with Crippen molar-refractivity contribution in [2.75, 3.05) is 18.1 Å². The highest BCUT2D eigenvalue weighted by Gasteiger charge is 2.02. The van der Waals surface area contributed by atoms with Crippen molar-refractivity contribution in [3.8, 4) is 0 Å². The minimum absolute atomic E-state index is 0.319. The fourth-order valence-corrected chi connectivity index (χ4v) is 0.751. The lowest BCUT2D eigenvalue weighted by Crippen LogP contribution is -2.03. The second kappa shape index (κ2) is 5.93. The van der Waals surface area contributed by atoms with Crippen LogP contribution in [0.5, 0.6) is 0 Å². The van der Waals surface area contributed by atoms with E-state index in [1.807, 2.05) is 13.8 Å². The van der Waals surface area contributed by atoms with Crippen molar-refractivity contribution in [3.63, 3.8) is 0 Å². The number of nitrogen functional groups attached to an aromatic ring is 1. The van der Waals surface area contributed by atoms with Gasteiger partial charge in [-0.1, -0.05) is 13.8 Å². The number of hydrogen-bond donors (Lipinski definition) is 3. The summed E-state index contributed by atoms with van der Waals surface area (Å²) in [5.41, 5.74) is 5.99. The first-order valence-electron chi connectivity index (χ1n) is 4.08. The molecule has 0 aliphatic rings. The van der Waals surface area contributed by atoms with E-state index in [0.29, 0.717) is 17.2 Å². The van der Waals surface area contributed by atoms with Gasteiger partial charge in [0.1, 0.15) is 18.0 Å². The lowest BCUT2D eigenvalue weighted by atomic mass is 10.3. The van der Waals surface area contributed by atoms with Crippen LogP contribution in [0.25, 0.3) is 0 Å². The Kier molecular flexibility index (Phi) is 5.18. The first-order valence-corrected chi connectivity index (χ1v) is 4.08. The van der Waals surface area contributed by atoms with Gasteiger partial charge in [-0.3, -0.25) is 0 Å². The lowest BCUT2D eigenvalue weighted by Gasteiger charge is -2.03. The largest absolute Gasteiger partial charge is 0.383 e. The molecule has 0 saturated carbocycles. The molecule has 0 radical (unpaired) electrons. The van der Waals surface area contributed by atoms with E-state index in [1.54, 1.807) is 7.05 Å². The summed E-state index contributed by atoms with van der Waals surface area (Å²) in [7, 11) is 1.72. The third-order valence-corrected chi connectivity index (χ3v) is 1.30. The SMILES string of the molecule is CC.CNc1ncnc(N)c1C=N. The first kappa shape index (κ1) is 11.4. The quantitative estimate of drug-likeness (QED) is 0.597. The molecule has 1 aromatic rings. The van der Waals surface area contributed by atoms with E-state index in [4.69, 9.17) is 11.1 Å². The summed E-state index contributed by atoms with van der Waals surface area (Å²) in [6.45, 7) is 4.00. The van der Waals surface area contributed by atoms with Crippen LogP contribution in [0.2, 0.25) is 0 Å². The van der Waals surface area contributed by atoms with Crippen molar-refractivity contribution in [2.45, 2.75) is 13.8 Å². The van der Waals surface area contributed by atoms with Gasteiger partial charge in [0.05, 0.1) is 5.56 Å².